The summed E-state index contributed by atoms with van der Waals surface area (Å²) in [6, 6.07) is 3.55. The molecule has 1 N–H and O–H groups in total. The Morgan fingerprint density at radius 1 is 1.47 bits per heavy atom. The molecule has 0 aliphatic carbocycles. The van der Waals surface area contributed by atoms with Crippen LogP contribution in [0.25, 0.3) is 0 Å². The monoisotopic (exact) mass is 227 g/mol. The van der Waals surface area contributed by atoms with Crippen LogP contribution < -0.4 is 4.90 Å². The molecule has 1 aliphatic rings. The van der Waals surface area contributed by atoms with E-state index in [4.69, 9.17) is 11.6 Å². The zero-order valence-corrected chi connectivity index (χ0v) is 9.41. The summed E-state index contributed by atoms with van der Waals surface area (Å²) in [6.45, 7) is 3.36. The van der Waals surface area contributed by atoms with E-state index < -0.39 is 5.60 Å². The van der Waals surface area contributed by atoms with Crippen molar-refractivity contribution in [3.05, 3.63) is 17.3 Å². The summed E-state index contributed by atoms with van der Waals surface area (Å²) in [6.07, 6.45) is 1.81. The number of anilines is 1. The highest BCUT2D eigenvalue weighted by Crippen LogP contribution is 2.24. The van der Waals surface area contributed by atoms with Gasteiger partial charge in [-0.05, 0) is 31.9 Å². The van der Waals surface area contributed by atoms with Crippen LogP contribution in [0.2, 0.25) is 5.15 Å². The zero-order chi connectivity index (χ0) is 10.9. The van der Waals surface area contributed by atoms with Crippen LogP contribution >= 0.6 is 11.6 Å². The Labute approximate surface area is 93.9 Å². The molecule has 0 spiro atoms. The minimum atomic E-state index is -0.625. The summed E-state index contributed by atoms with van der Waals surface area (Å²) >= 11 is 5.67. The number of rotatable bonds is 1. The van der Waals surface area contributed by atoms with Crippen LogP contribution in [0.5, 0.6) is 0 Å². The van der Waals surface area contributed by atoms with Gasteiger partial charge in [-0.15, -0.1) is 10.2 Å². The van der Waals surface area contributed by atoms with Crippen molar-refractivity contribution in [1.82, 2.24) is 10.2 Å². The van der Waals surface area contributed by atoms with Crippen molar-refractivity contribution in [3.8, 4) is 0 Å². The van der Waals surface area contributed by atoms with Gasteiger partial charge in [0.1, 0.15) is 0 Å². The normalized spacial score (nSPS) is 26.7. The number of piperidine rings is 1. The predicted molar refractivity (Wildman–Crippen MR) is 59.1 cm³/mol. The smallest absolute Gasteiger partial charge is 0.151 e. The molecule has 0 radical (unpaired) electrons. The molecule has 0 aromatic carbocycles. The molecule has 0 amide bonds. The minimum Gasteiger partial charge on any atom is -0.388 e. The first-order valence-electron chi connectivity index (χ1n) is 5.03. The van der Waals surface area contributed by atoms with Crippen molar-refractivity contribution in [2.45, 2.75) is 25.4 Å². The standard InChI is InChI=1S/C10H14ClN3O/c1-10(15)5-2-6-14(7-10)9-4-3-8(11)12-13-9/h3-4,15H,2,5-7H2,1H3. The van der Waals surface area contributed by atoms with E-state index in [0.29, 0.717) is 11.7 Å². The number of nitrogens with zero attached hydrogens (tertiary/aromatic N) is 3. The Balaban J connectivity index is 2.13. The molecule has 2 rings (SSSR count). The SMILES string of the molecule is CC1(O)CCCN(c2ccc(Cl)nn2)C1. The molecule has 1 unspecified atom stereocenters. The summed E-state index contributed by atoms with van der Waals surface area (Å²) in [7, 11) is 0. The Hall–Kier alpha value is -0.870. The van der Waals surface area contributed by atoms with Crippen LogP contribution in [0.3, 0.4) is 0 Å². The predicted octanol–water partition coefficient (Wildman–Crippen LogP) is 1.48. The number of aromatic nitrogens is 2. The Bertz CT molecular complexity index is 339. The van der Waals surface area contributed by atoms with Gasteiger partial charge in [0.05, 0.1) is 5.60 Å². The maximum Gasteiger partial charge on any atom is 0.151 e. The van der Waals surface area contributed by atoms with E-state index in [1.54, 1.807) is 6.07 Å². The lowest BCUT2D eigenvalue weighted by Gasteiger charge is -2.37. The van der Waals surface area contributed by atoms with Crippen molar-refractivity contribution in [2.24, 2.45) is 0 Å². The van der Waals surface area contributed by atoms with Crippen molar-refractivity contribution in [2.75, 3.05) is 18.0 Å². The quantitative estimate of drug-likeness (QED) is 0.790. The molecule has 5 heteroatoms. The van der Waals surface area contributed by atoms with Gasteiger partial charge in [-0.2, -0.15) is 0 Å². The topological polar surface area (TPSA) is 49.2 Å². The first kappa shape index (κ1) is 10.6. The molecule has 0 saturated carbocycles. The molecular weight excluding hydrogens is 214 g/mol. The van der Waals surface area contributed by atoms with E-state index in [1.807, 2.05) is 17.9 Å². The van der Waals surface area contributed by atoms with Crippen molar-refractivity contribution in [1.29, 1.82) is 0 Å². The Kier molecular flexibility index (Phi) is 2.80. The lowest BCUT2D eigenvalue weighted by Crippen LogP contribution is -2.46. The van der Waals surface area contributed by atoms with Gasteiger partial charge in [0.2, 0.25) is 0 Å². The van der Waals surface area contributed by atoms with Gasteiger partial charge in [0, 0.05) is 13.1 Å². The third kappa shape index (κ3) is 2.58. The molecule has 15 heavy (non-hydrogen) atoms. The molecule has 1 saturated heterocycles. The highest BCUT2D eigenvalue weighted by atomic mass is 35.5. The second kappa shape index (κ2) is 3.94. The second-order valence-electron chi connectivity index (χ2n) is 4.24. The summed E-state index contributed by atoms with van der Waals surface area (Å²) in [5.41, 5.74) is -0.625. The lowest BCUT2D eigenvalue weighted by atomic mass is 9.95. The third-order valence-electron chi connectivity index (χ3n) is 2.62. The first-order chi connectivity index (χ1) is 7.07. The van der Waals surface area contributed by atoms with E-state index in [-0.39, 0.29) is 0 Å². The molecule has 4 nitrogen and oxygen atoms in total. The van der Waals surface area contributed by atoms with E-state index in [1.165, 1.54) is 0 Å². The van der Waals surface area contributed by atoms with Crippen LogP contribution in [0.1, 0.15) is 19.8 Å². The molecule has 1 aliphatic heterocycles. The van der Waals surface area contributed by atoms with Gasteiger partial charge >= 0.3 is 0 Å². The summed E-state index contributed by atoms with van der Waals surface area (Å²) in [5, 5.41) is 18.1. The molecule has 82 valence electrons. The van der Waals surface area contributed by atoms with Gasteiger partial charge in [-0.1, -0.05) is 11.6 Å². The highest BCUT2D eigenvalue weighted by molar-refractivity contribution is 6.29. The maximum atomic E-state index is 9.94. The van der Waals surface area contributed by atoms with Crippen LogP contribution in [0.4, 0.5) is 5.82 Å². The van der Waals surface area contributed by atoms with Gasteiger partial charge < -0.3 is 10.0 Å². The average Bonchev–Trinajstić information content (AvgIpc) is 2.17. The van der Waals surface area contributed by atoms with E-state index >= 15 is 0 Å². The fourth-order valence-electron chi connectivity index (χ4n) is 1.89. The summed E-state index contributed by atoms with van der Waals surface area (Å²) in [5.74, 6) is 0.777. The van der Waals surface area contributed by atoms with Crippen molar-refractivity contribution in [3.63, 3.8) is 0 Å². The van der Waals surface area contributed by atoms with Crippen LogP contribution in [0, 0.1) is 0 Å². The third-order valence-corrected chi connectivity index (χ3v) is 2.82. The first-order valence-corrected chi connectivity index (χ1v) is 5.41. The number of β-amino-alcohol motifs (C(OH)–C–C–N with tert-alkyl or cyclic N) is 1. The second-order valence-corrected chi connectivity index (χ2v) is 4.62. The Morgan fingerprint density at radius 2 is 2.27 bits per heavy atom. The molecule has 2 heterocycles. The average molecular weight is 228 g/mol. The Morgan fingerprint density at radius 3 is 2.87 bits per heavy atom. The molecular formula is C10H14ClN3O. The van der Waals surface area contributed by atoms with E-state index in [2.05, 4.69) is 10.2 Å². The van der Waals surface area contributed by atoms with Crippen LogP contribution in [-0.4, -0.2) is 34.0 Å². The van der Waals surface area contributed by atoms with Crippen molar-refractivity contribution >= 4 is 17.4 Å². The number of aliphatic hydroxyl groups is 1. The largest absolute Gasteiger partial charge is 0.388 e. The zero-order valence-electron chi connectivity index (χ0n) is 8.65. The molecule has 0 bridgehead atoms. The maximum absolute atomic E-state index is 9.94. The van der Waals surface area contributed by atoms with E-state index in [9.17, 15) is 5.11 Å². The van der Waals surface area contributed by atoms with Gasteiger partial charge in [-0.25, -0.2) is 0 Å². The summed E-state index contributed by atoms with van der Waals surface area (Å²) < 4.78 is 0. The van der Waals surface area contributed by atoms with Gasteiger partial charge in [-0.3, -0.25) is 0 Å². The fraction of sp³-hybridized carbons (Fsp3) is 0.600. The number of hydrogen-bond acceptors (Lipinski definition) is 4. The van der Waals surface area contributed by atoms with E-state index in [0.717, 1.165) is 25.2 Å². The lowest BCUT2D eigenvalue weighted by molar-refractivity contribution is 0.0446. The summed E-state index contributed by atoms with van der Waals surface area (Å²) in [4.78, 5) is 2.03. The molecule has 1 aromatic rings. The highest BCUT2D eigenvalue weighted by Gasteiger charge is 2.28. The number of hydrogen-bond donors (Lipinski definition) is 1. The van der Waals surface area contributed by atoms with Gasteiger partial charge in [0.15, 0.2) is 11.0 Å². The molecule has 1 aromatic heterocycles. The molecule has 1 fully saturated rings. The van der Waals surface area contributed by atoms with Crippen molar-refractivity contribution < 1.29 is 5.11 Å². The minimum absolute atomic E-state index is 0.391. The molecule has 1 atom stereocenters. The fourth-order valence-corrected chi connectivity index (χ4v) is 1.99. The van der Waals surface area contributed by atoms with Crippen LogP contribution in [0.15, 0.2) is 12.1 Å². The van der Waals surface area contributed by atoms with Gasteiger partial charge in [0.25, 0.3) is 0 Å². The van der Waals surface area contributed by atoms with Crippen LogP contribution in [-0.2, 0) is 0 Å². The number of halogens is 1.